The summed E-state index contributed by atoms with van der Waals surface area (Å²) in [7, 11) is -3.91. The number of benzene rings is 2. The highest BCUT2D eigenvalue weighted by atomic mass is 32.2. The SMILES string of the molecule is CCN(Cc1ccc2c(c1)OCO2)S(=O)(=O)c1ccccc1F. The second kappa shape index (κ2) is 6.17. The van der Waals surface area contributed by atoms with Crippen LogP contribution in [0.15, 0.2) is 47.4 Å². The fourth-order valence-electron chi connectivity index (χ4n) is 2.40. The van der Waals surface area contributed by atoms with Crippen molar-refractivity contribution in [3.63, 3.8) is 0 Å². The van der Waals surface area contributed by atoms with E-state index in [1.165, 1.54) is 22.5 Å². The van der Waals surface area contributed by atoms with Gasteiger partial charge in [0.15, 0.2) is 11.5 Å². The van der Waals surface area contributed by atoms with E-state index in [1.54, 1.807) is 25.1 Å². The minimum atomic E-state index is -3.91. The van der Waals surface area contributed by atoms with Gasteiger partial charge < -0.3 is 9.47 Å². The number of halogens is 1. The van der Waals surface area contributed by atoms with Crippen molar-refractivity contribution in [1.82, 2.24) is 4.31 Å². The highest BCUT2D eigenvalue weighted by molar-refractivity contribution is 7.89. The summed E-state index contributed by atoms with van der Waals surface area (Å²) < 4.78 is 50.9. The lowest BCUT2D eigenvalue weighted by Crippen LogP contribution is -2.31. The van der Waals surface area contributed by atoms with Crippen molar-refractivity contribution < 1.29 is 22.3 Å². The lowest BCUT2D eigenvalue weighted by molar-refractivity contribution is 0.174. The second-order valence-electron chi connectivity index (χ2n) is 5.05. The van der Waals surface area contributed by atoms with Crippen molar-refractivity contribution in [3.8, 4) is 11.5 Å². The van der Waals surface area contributed by atoms with E-state index in [4.69, 9.17) is 9.47 Å². The van der Waals surface area contributed by atoms with Crippen LogP contribution in [0.1, 0.15) is 12.5 Å². The van der Waals surface area contributed by atoms with E-state index in [1.807, 2.05) is 0 Å². The van der Waals surface area contributed by atoms with Crippen molar-refractivity contribution in [3.05, 3.63) is 53.8 Å². The van der Waals surface area contributed by atoms with Crippen LogP contribution in [0.5, 0.6) is 11.5 Å². The zero-order valence-corrected chi connectivity index (χ0v) is 13.3. The van der Waals surface area contributed by atoms with E-state index in [9.17, 15) is 12.8 Å². The average molecular weight is 337 g/mol. The lowest BCUT2D eigenvalue weighted by atomic mass is 10.2. The summed E-state index contributed by atoms with van der Waals surface area (Å²) in [4.78, 5) is -0.317. The third-order valence-corrected chi connectivity index (χ3v) is 5.56. The molecule has 0 N–H and O–H groups in total. The molecule has 0 unspecified atom stereocenters. The predicted octanol–water partition coefficient (Wildman–Crippen LogP) is 2.77. The molecule has 1 aliphatic heterocycles. The summed E-state index contributed by atoms with van der Waals surface area (Å²) in [6, 6.07) is 10.6. The highest BCUT2D eigenvalue weighted by Gasteiger charge is 2.26. The molecule has 0 saturated heterocycles. The Balaban J connectivity index is 1.89. The van der Waals surface area contributed by atoms with E-state index in [0.29, 0.717) is 11.5 Å². The van der Waals surface area contributed by atoms with Crippen molar-refractivity contribution in [2.45, 2.75) is 18.4 Å². The van der Waals surface area contributed by atoms with Crippen LogP contribution in [0.25, 0.3) is 0 Å². The zero-order valence-electron chi connectivity index (χ0n) is 12.5. The first kappa shape index (κ1) is 15.8. The van der Waals surface area contributed by atoms with Crippen LogP contribution < -0.4 is 9.47 Å². The summed E-state index contributed by atoms with van der Waals surface area (Å²) in [6.07, 6.45) is 0. The lowest BCUT2D eigenvalue weighted by Gasteiger charge is -2.21. The number of rotatable bonds is 5. The van der Waals surface area contributed by atoms with Crippen molar-refractivity contribution in [1.29, 1.82) is 0 Å². The molecule has 23 heavy (non-hydrogen) atoms. The summed E-state index contributed by atoms with van der Waals surface area (Å²) in [5.74, 6) is 0.465. The van der Waals surface area contributed by atoms with Gasteiger partial charge in [0.2, 0.25) is 16.8 Å². The molecular weight excluding hydrogens is 321 g/mol. The smallest absolute Gasteiger partial charge is 0.246 e. The Labute approximate surface area is 134 Å². The number of fused-ring (bicyclic) bond motifs is 1. The molecule has 1 heterocycles. The highest BCUT2D eigenvalue weighted by Crippen LogP contribution is 2.33. The monoisotopic (exact) mass is 337 g/mol. The molecule has 2 aromatic rings. The molecule has 5 nitrogen and oxygen atoms in total. The minimum Gasteiger partial charge on any atom is -0.454 e. The van der Waals surface area contributed by atoms with Crippen LogP contribution in [0.3, 0.4) is 0 Å². The van der Waals surface area contributed by atoms with Crippen LogP contribution >= 0.6 is 0 Å². The fourth-order valence-corrected chi connectivity index (χ4v) is 3.90. The van der Waals surface area contributed by atoms with Gasteiger partial charge in [-0.3, -0.25) is 0 Å². The maximum absolute atomic E-state index is 13.9. The molecule has 0 bridgehead atoms. The van der Waals surface area contributed by atoms with Gasteiger partial charge in [-0.2, -0.15) is 4.31 Å². The van der Waals surface area contributed by atoms with E-state index < -0.39 is 15.8 Å². The fraction of sp³-hybridized carbons (Fsp3) is 0.250. The number of ether oxygens (including phenoxy) is 2. The Morgan fingerprint density at radius 2 is 1.87 bits per heavy atom. The molecule has 2 aromatic carbocycles. The van der Waals surface area contributed by atoms with Crippen LogP contribution in [0, 0.1) is 5.82 Å². The summed E-state index contributed by atoms with van der Waals surface area (Å²) >= 11 is 0. The Morgan fingerprint density at radius 3 is 2.61 bits per heavy atom. The first-order valence-corrected chi connectivity index (χ1v) is 8.59. The maximum Gasteiger partial charge on any atom is 0.246 e. The van der Waals surface area contributed by atoms with E-state index in [-0.39, 0.29) is 24.8 Å². The van der Waals surface area contributed by atoms with Gasteiger partial charge >= 0.3 is 0 Å². The van der Waals surface area contributed by atoms with Gasteiger partial charge in [-0.15, -0.1) is 0 Å². The zero-order chi connectivity index (χ0) is 16.4. The molecule has 0 atom stereocenters. The van der Waals surface area contributed by atoms with Crippen LogP contribution in [0.4, 0.5) is 4.39 Å². The first-order valence-electron chi connectivity index (χ1n) is 7.15. The molecule has 0 saturated carbocycles. The molecule has 7 heteroatoms. The average Bonchev–Trinajstić information content (AvgIpc) is 3.00. The quantitative estimate of drug-likeness (QED) is 0.842. The van der Waals surface area contributed by atoms with Crippen LogP contribution in [-0.2, 0) is 16.6 Å². The molecule has 1 aliphatic rings. The molecular formula is C16H16FNO4S. The number of hydrogen-bond donors (Lipinski definition) is 0. The minimum absolute atomic E-state index is 0.129. The molecule has 0 aromatic heterocycles. The molecule has 0 spiro atoms. The Morgan fingerprint density at radius 1 is 1.13 bits per heavy atom. The van der Waals surface area contributed by atoms with E-state index in [0.717, 1.165) is 11.6 Å². The summed E-state index contributed by atoms with van der Waals surface area (Å²) in [5, 5.41) is 0. The van der Waals surface area contributed by atoms with Crippen LogP contribution in [-0.4, -0.2) is 26.1 Å². The molecule has 122 valence electrons. The number of nitrogens with zero attached hydrogens (tertiary/aromatic N) is 1. The van der Waals surface area contributed by atoms with Crippen molar-refractivity contribution in [2.75, 3.05) is 13.3 Å². The third-order valence-electron chi connectivity index (χ3n) is 3.60. The van der Waals surface area contributed by atoms with Gasteiger partial charge in [0.25, 0.3) is 0 Å². The number of sulfonamides is 1. The van der Waals surface area contributed by atoms with Gasteiger partial charge in [0, 0.05) is 13.1 Å². The topological polar surface area (TPSA) is 55.8 Å². The largest absolute Gasteiger partial charge is 0.454 e. The Hall–Kier alpha value is -2.12. The second-order valence-corrected chi connectivity index (χ2v) is 6.96. The standard InChI is InChI=1S/C16H16FNO4S/c1-2-18(23(19,20)16-6-4-3-5-13(16)17)10-12-7-8-14-15(9-12)22-11-21-14/h3-9H,2,10-11H2,1H3. The van der Waals surface area contributed by atoms with E-state index >= 15 is 0 Å². The van der Waals surface area contributed by atoms with Gasteiger partial charge in [0.1, 0.15) is 10.7 Å². The molecule has 0 amide bonds. The predicted molar refractivity (Wildman–Crippen MR) is 82.2 cm³/mol. The summed E-state index contributed by atoms with van der Waals surface area (Å²) in [5.41, 5.74) is 0.746. The van der Waals surface area contributed by atoms with Crippen molar-refractivity contribution in [2.24, 2.45) is 0 Å². The van der Waals surface area contributed by atoms with Crippen molar-refractivity contribution >= 4 is 10.0 Å². The molecule has 0 aliphatic carbocycles. The normalized spacial score (nSPS) is 13.5. The van der Waals surface area contributed by atoms with E-state index in [2.05, 4.69) is 0 Å². The molecule has 3 rings (SSSR count). The third kappa shape index (κ3) is 3.02. The molecule has 0 radical (unpaired) electrons. The van der Waals surface area contributed by atoms with Gasteiger partial charge in [-0.25, -0.2) is 12.8 Å². The van der Waals surface area contributed by atoms with Crippen LogP contribution in [0.2, 0.25) is 0 Å². The first-order chi connectivity index (χ1) is 11.0. The Kier molecular flexibility index (Phi) is 4.23. The maximum atomic E-state index is 13.9. The summed E-state index contributed by atoms with van der Waals surface area (Å²) in [6.45, 7) is 2.23. The number of hydrogen-bond acceptors (Lipinski definition) is 4. The molecule has 0 fully saturated rings. The van der Waals surface area contributed by atoms with Gasteiger partial charge in [-0.05, 0) is 29.8 Å². The Bertz CT molecular complexity index is 823. The van der Waals surface area contributed by atoms with Gasteiger partial charge in [0.05, 0.1) is 0 Å². The van der Waals surface area contributed by atoms with Gasteiger partial charge in [-0.1, -0.05) is 25.1 Å².